The van der Waals surface area contributed by atoms with E-state index in [1.165, 1.54) is 0 Å². The van der Waals surface area contributed by atoms with E-state index < -0.39 is 0 Å². The van der Waals surface area contributed by atoms with Crippen LogP contribution in [0.15, 0.2) is 12.3 Å². The largest absolute Gasteiger partial charge is 0.385 e. The van der Waals surface area contributed by atoms with Crippen molar-refractivity contribution < 1.29 is 4.74 Å². The van der Waals surface area contributed by atoms with Crippen molar-refractivity contribution in [2.75, 3.05) is 13.7 Å². The van der Waals surface area contributed by atoms with E-state index in [2.05, 4.69) is 37.3 Å². The van der Waals surface area contributed by atoms with Gasteiger partial charge in [-0.15, -0.1) is 0 Å². The minimum Gasteiger partial charge on any atom is -0.385 e. The number of methoxy groups -OCH3 is 1. The number of nitrogens with zero attached hydrogens (tertiary/aromatic N) is 2. The first-order valence-corrected chi connectivity index (χ1v) is 6.27. The summed E-state index contributed by atoms with van der Waals surface area (Å²) in [7, 11) is 1.74. The van der Waals surface area contributed by atoms with Gasteiger partial charge in [0.2, 0.25) is 0 Å². The molecule has 0 radical (unpaired) electrons. The molecule has 1 N–H and O–H groups in total. The summed E-state index contributed by atoms with van der Waals surface area (Å²) in [5.41, 5.74) is 1.24. The van der Waals surface area contributed by atoms with E-state index >= 15 is 0 Å². The van der Waals surface area contributed by atoms with Gasteiger partial charge in [-0.1, -0.05) is 0 Å². The van der Waals surface area contributed by atoms with Crippen molar-refractivity contribution in [3.8, 4) is 0 Å². The van der Waals surface area contributed by atoms with Crippen molar-refractivity contribution >= 4 is 0 Å². The van der Waals surface area contributed by atoms with Gasteiger partial charge in [0.1, 0.15) is 0 Å². The fourth-order valence-electron chi connectivity index (χ4n) is 1.50. The van der Waals surface area contributed by atoms with Crippen LogP contribution in [-0.2, 0) is 17.8 Å². The van der Waals surface area contributed by atoms with Crippen molar-refractivity contribution in [1.82, 2.24) is 15.1 Å². The number of hydrogen-bond acceptors (Lipinski definition) is 3. The lowest BCUT2D eigenvalue weighted by Crippen LogP contribution is -2.35. The Morgan fingerprint density at radius 3 is 2.76 bits per heavy atom. The normalized spacial score (nSPS) is 12.0. The number of aromatic nitrogens is 2. The average Bonchev–Trinajstić information content (AvgIpc) is 2.69. The van der Waals surface area contributed by atoms with Crippen LogP contribution in [0.5, 0.6) is 0 Å². The number of aryl methyl sites for hydroxylation is 1. The van der Waals surface area contributed by atoms with E-state index in [1.54, 1.807) is 7.11 Å². The van der Waals surface area contributed by atoms with Crippen LogP contribution in [0, 0.1) is 0 Å². The molecule has 0 aromatic carbocycles. The van der Waals surface area contributed by atoms with Gasteiger partial charge in [0.05, 0.1) is 5.69 Å². The number of nitrogens with one attached hydrogen (secondary N) is 1. The summed E-state index contributed by atoms with van der Waals surface area (Å²) in [4.78, 5) is 0. The van der Waals surface area contributed by atoms with E-state index in [4.69, 9.17) is 4.74 Å². The van der Waals surface area contributed by atoms with E-state index in [0.717, 1.165) is 38.2 Å². The molecule has 0 spiro atoms. The molecule has 4 heteroatoms. The van der Waals surface area contributed by atoms with E-state index in [-0.39, 0.29) is 5.54 Å². The standard InChI is InChI=1S/C13H25N3O/c1-13(2,3)14-11-12-7-9-16(15-12)8-5-6-10-17-4/h7,9,14H,5-6,8,10-11H2,1-4H3. The second-order valence-corrected chi connectivity index (χ2v) is 5.37. The number of rotatable bonds is 7. The van der Waals surface area contributed by atoms with Gasteiger partial charge in [-0.3, -0.25) is 4.68 Å². The Labute approximate surface area is 104 Å². The summed E-state index contributed by atoms with van der Waals surface area (Å²) in [6.45, 7) is 9.12. The van der Waals surface area contributed by atoms with Gasteiger partial charge in [-0.2, -0.15) is 5.10 Å². The Balaban J connectivity index is 2.28. The zero-order valence-corrected chi connectivity index (χ0v) is 11.5. The summed E-state index contributed by atoms with van der Waals surface area (Å²) < 4.78 is 7.03. The Hall–Kier alpha value is -0.870. The Morgan fingerprint density at radius 1 is 1.35 bits per heavy atom. The maximum Gasteiger partial charge on any atom is 0.0762 e. The zero-order valence-electron chi connectivity index (χ0n) is 11.5. The maximum atomic E-state index is 5.02. The molecular formula is C13H25N3O. The highest BCUT2D eigenvalue weighted by Gasteiger charge is 2.09. The van der Waals surface area contributed by atoms with Gasteiger partial charge < -0.3 is 10.1 Å². The van der Waals surface area contributed by atoms with Gasteiger partial charge in [-0.05, 0) is 39.7 Å². The zero-order chi connectivity index (χ0) is 12.7. The van der Waals surface area contributed by atoms with Crippen LogP contribution in [0.4, 0.5) is 0 Å². The molecule has 0 atom stereocenters. The average molecular weight is 239 g/mol. The quantitative estimate of drug-likeness (QED) is 0.741. The molecule has 0 aliphatic heterocycles. The molecule has 1 heterocycles. The second-order valence-electron chi connectivity index (χ2n) is 5.37. The van der Waals surface area contributed by atoms with Crippen molar-refractivity contribution in [2.24, 2.45) is 0 Å². The van der Waals surface area contributed by atoms with Gasteiger partial charge >= 0.3 is 0 Å². The highest BCUT2D eigenvalue weighted by molar-refractivity contribution is 4.99. The molecule has 0 saturated heterocycles. The molecule has 1 rings (SSSR count). The molecule has 1 aromatic rings. The van der Waals surface area contributed by atoms with Gasteiger partial charge in [0.15, 0.2) is 0 Å². The molecule has 0 amide bonds. The second kappa shape index (κ2) is 6.77. The molecule has 0 saturated carbocycles. The lowest BCUT2D eigenvalue weighted by Gasteiger charge is -2.19. The first kappa shape index (κ1) is 14.2. The fourth-order valence-corrected chi connectivity index (χ4v) is 1.50. The number of unbranched alkanes of at least 4 members (excludes halogenated alkanes) is 1. The first-order valence-electron chi connectivity index (χ1n) is 6.27. The Kier molecular flexibility index (Phi) is 5.65. The predicted molar refractivity (Wildman–Crippen MR) is 69.9 cm³/mol. The smallest absolute Gasteiger partial charge is 0.0762 e. The summed E-state index contributed by atoms with van der Waals surface area (Å²) in [6.07, 6.45) is 4.25. The maximum absolute atomic E-state index is 5.02. The van der Waals surface area contributed by atoms with Crippen LogP contribution in [-0.4, -0.2) is 29.0 Å². The van der Waals surface area contributed by atoms with Crippen molar-refractivity contribution in [3.63, 3.8) is 0 Å². The summed E-state index contributed by atoms with van der Waals surface area (Å²) in [6, 6.07) is 2.08. The summed E-state index contributed by atoms with van der Waals surface area (Å²) in [5, 5.41) is 7.96. The molecule has 98 valence electrons. The van der Waals surface area contributed by atoms with Gasteiger partial charge in [0.25, 0.3) is 0 Å². The molecule has 0 unspecified atom stereocenters. The number of ether oxygens (including phenoxy) is 1. The lowest BCUT2D eigenvalue weighted by molar-refractivity contribution is 0.191. The predicted octanol–water partition coefficient (Wildman–Crippen LogP) is 2.20. The summed E-state index contributed by atoms with van der Waals surface area (Å²) in [5.74, 6) is 0. The van der Waals surface area contributed by atoms with Gasteiger partial charge in [-0.25, -0.2) is 0 Å². The van der Waals surface area contributed by atoms with Gasteiger partial charge in [0, 0.05) is 38.5 Å². The number of hydrogen-bond donors (Lipinski definition) is 1. The Morgan fingerprint density at radius 2 is 2.12 bits per heavy atom. The highest BCUT2D eigenvalue weighted by Crippen LogP contribution is 2.03. The molecule has 0 aliphatic carbocycles. The van der Waals surface area contributed by atoms with E-state index in [0.29, 0.717) is 0 Å². The Bertz CT molecular complexity index is 315. The third-order valence-corrected chi connectivity index (χ3v) is 2.48. The van der Waals surface area contributed by atoms with Crippen molar-refractivity contribution in [3.05, 3.63) is 18.0 Å². The van der Waals surface area contributed by atoms with Crippen LogP contribution in [0.25, 0.3) is 0 Å². The molecule has 4 nitrogen and oxygen atoms in total. The van der Waals surface area contributed by atoms with Crippen LogP contribution in [0.1, 0.15) is 39.3 Å². The van der Waals surface area contributed by atoms with Crippen LogP contribution in [0.3, 0.4) is 0 Å². The third kappa shape index (κ3) is 6.44. The van der Waals surface area contributed by atoms with E-state index in [9.17, 15) is 0 Å². The highest BCUT2D eigenvalue weighted by atomic mass is 16.5. The topological polar surface area (TPSA) is 39.1 Å². The molecule has 0 bridgehead atoms. The monoisotopic (exact) mass is 239 g/mol. The third-order valence-electron chi connectivity index (χ3n) is 2.48. The molecule has 1 aromatic heterocycles. The van der Waals surface area contributed by atoms with Crippen LogP contribution in [0.2, 0.25) is 0 Å². The molecule has 17 heavy (non-hydrogen) atoms. The molecule has 0 aliphatic rings. The SMILES string of the molecule is COCCCCn1ccc(CNC(C)(C)C)n1. The van der Waals surface area contributed by atoms with Crippen LogP contribution >= 0.6 is 0 Å². The van der Waals surface area contributed by atoms with E-state index in [1.807, 2.05) is 10.9 Å². The molecular weight excluding hydrogens is 214 g/mol. The first-order chi connectivity index (χ1) is 8.01. The van der Waals surface area contributed by atoms with Crippen LogP contribution < -0.4 is 5.32 Å². The minimum atomic E-state index is 0.141. The lowest BCUT2D eigenvalue weighted by atomic mass is 10.1. The van der Waals surface area contributed by atoms with Crippen molar-refractivity contribution in [1.29, 1.82) is 0 Å². The minimum absolute atomic E-state index is 0.141. The summed E-state index contributed by atoms with van der Waals surface area (Å²) >= 11 is 0. The molecule has 0 fully saturated rings. The van der Waals surface area contributed by atoms with Crippen molar-refractivity contribution in [2.45, 2.75) is 52.2 Å². The fraction of sp³-hybridized carbons (Fsp3) is 0.769.